The highest BCUT2D eigenvalue weighted by Gasteiger charge is 2.40. The molecule has 2 aromatic rings. The molecule has 1 aliphatic heterocycles. The van der Waals surface area contributed by atoms with Crippen molar-refractivity contribution in [2.75, 3.05) is 25.2 Å². The Morgan fingerprint density at radius 1 is 0.964 bits per heavy atom. The molecule has 7 nitrogen and oxygen atoms in total. The average molecular weight is 381 g/mol. The Bertz CT molecular complexity index is 944. The number of methoxy groups -OCH3 is 1. The molecule has 1 aliphatic rings. The monoisotopic (exact) mass is 381 g/mol. The Morgan fingerprint density at radius 2 is 1.61 bits per heavy atom. The minimum Gasteiger partial charge on any atom is -0.502 e. The number of esters is 1. The number of carbonyl (C=O) groups is 3. The minimum absolute atomic E-state index is 0.0481. The number of carbonyl (C=O) groups excluding carboxylic acids is 3. The third-order valence-corrected chi connectivity index (χ3v) is 4.28. The first-order valence-electron chi connectivity index (χ1n) is 8.59. The van der Waals surface area contributed by atoms with Crippen LogP contribution >= 0.6 is 0 Å². The van der Waals surface area contributed by atoms with E-state index in [2.05, 4.69) is 0 Å². The van der Waals surface area contributed by atoms with Crippen LogP contribution in [0, 0.1) is 6.92 Å². The maximum Gasteiger partial charge on any atom is 0.338 e. The van der Waals surface area contributed by atoms with Crippen molar-refractivity contribution in [1.29, 1.82) is 0 Å². The van der Waals surface area contributed by atoms with E-state index < -0.39 is 23.5 Å². The molecule has 0 aromatic heterocycles. The molecule has 0 radical (unpaired) electrons. The van der Waals surface area contributed by atoms with Gasteiger partial charge in [-0.2, -0.15) is 0 Å². The fourth-order valence-corrected chi connectivity index (χ4v) is 2.78. The summed E-state index contributed by atoms with van der Waals surface area (Å²) in [6.07, 6.45) is 0. The number of nitrogens with zero attached hydrogens (tertiary/aromatic N) is 1. The van der Waals surface area contributed by atoms with E-state index in [-0.39, 0.29) is 30.0 Å². The molecule has 0 saturated carbocycles. The Labute approximate surface area is 161 Å². The lowest BCUT2D eigenvalue weighted by Crippen LogP contribution is -2.31. The molecule has 0 fully saturated rings. The number of benzene rings is 2. The summed E-state index contributed by atoms with van der Waals surface area (Å²) in [5, 5.41) is 10.2. The SMILES string of the molecule is COCCOC(=O)c1ccc(N2C(=O)C(O)=C(c3ccc(C)cc3)C2=O)cc1. The van der Waals surface area contributed by atoms with Gasteiger partial charge in [-0.15, -0.1) is 0 Å². The molecule has 0 saturated heterocycles. The fourth-order valence-electron chi connectivity index (χ4n) is 2.78. The van der Waals surface area contributed by atoms with Crippen LogP contribution in [0.4, 0.5) is 5.69 Å². The highest BCUT2D eigenvalue weighted by molar-refractivity contribution is 6.44. The summed E-state index contributed by atoms with van der Waals surface area (Å²) in [6, 6.07) is 12.7. The first kappa shape index (κ1) is 19.3. The van der Waals surface area contributed by atoms with Crippen molar-refractivity contribution in [3.8, 4) is 0 Å². The number of hydrogen-bond donors (Lipinski definition) is 1. The van der Waals surface area contributed by atoms with Crippen molar-refractivity contribution in [1.82, 2.24) is 0 Å². The van der Waals surface area contributed by atoms with Crippen molar-refractivity contribution >= 4 is 29.0 Å². The zero-order valence-corrected chi connectivity index (χ0v) is 15.5. The summed E-state index contributed by atoms with van der Waals surface area (Å²) in [4.78, 5) is 38.0. The van der Waals surface area contributed by atoms with Crippen molar-refractivity contribution in [3.63, 3.8) is 0 Å². The summed E-state index contributed by atoms with van der Waals surface area (Å²) in [5.41, 5.74) is 1.92. The predicted molar refractivity (Wildman–Crippen MR) is 102 cm³/mol. The maximum absolute atomic E-state index is 12.8. The van der Waals surface area contributed by atoms with Crippen LogP contribution in [0.1, 0.15) is 21.5 Å². The molecule has 1 heterocycles. The van der Waals surface area contributed by atoms with E-state index in [1.807, 2.05) is 6.92 Å². The summed E-state index contributed by atoms with van der Waals surface area (Å²) < 4.78 is 9.83. The molecule has 2 aromatic carbocycles. The normalized spacial score (nSPS) is 14.0. The Balaban J connectivity index is 1.81. The minimum atomic E-state index is -0.809. The van der Waals surface area contributed by atoms with Gasteiger partial charge in [0.05, 0.1) is 23.4 Å². The zero-order chi connectivity index (χ0) is 20.3. The molecular weight excluding hydrogens is 362 g/mol. The molecule has 0 atom stereocenters. The van der Waals surface area contributed by atoms with E-state index >= 15 is 0 Å². The van der Waals surface area contributed by atoms with Crippen LogP contribution in [0.3, 0.4) is 0 Å². The van der Waals surface area contributed by atoms with Crippen LogP contribution in [-0.2, 0) is 19.1 Å². The Morgan fingerprint density at radius 3 is 2.21 bits per heavy atom. The van der Waals surface area contributed by atoms with E-state index in [1.165, 1.54) is 31.4 Å². The van der Waals surface area contributed by atoms with Gasteiger partial charge in [0.15, 0.2) is 5.76 Å². The molecule has 0 spiro atoms. The Kier molecular flexibility index (Phi) is 5.56. The molecule has 0 bridgehead atoms. The van der Waals surface area contributed by atoms with Gasteiger partial charge in [0, 0.05) is 7.11 Å². The standard InChI is InChI=1S/C21H19NO6/c1-13-3-5-14(6-4-13)17-18(23)20(25)22(19(17)24)16-9-7-15(8-10-16)21(26)28-12-11-27-2/h3-10,23H,11-12H2,1-2H3. The number of aryl methyl sites for hydroxylation is 1. The number of aliphatic hydroxyl groups excluding tert-OH is 1. The van der Waals surface area contributed by atoms with Gasteiger partial charge in [0.25, 0.3) is 5.91 Å². The van der Waals surface area contributed by atoms with Gasteiger partial charge >= 0.3 is 11.9 Å². The molecule has 1 N–H and O–H groups in total. The quantitative estimate of drug-likeness (QED) is 0.470. The number of hydrogen-bond acceptors (Lipinski definition) is 6. The number of aliphatic hydroxyl groups is 1. The van der Waals surface area contributed by atoms with E-state index in [4.69, 9.17) is 9.47 Å². The third-order valence-electron chi connectivity index (χ3n) is 4.28. The van der Waals surface area contributed by atoms with Gasteiger partial charge in [-0.05, 0) is 36.8 Å². The van der Waals surface area contributed by atoms with E-state index in [9.17, 15) is 19.5 Å². The molecule has 28 heavy (non-hydrogen) atoms. The third kappa shape index (κ3) is 3.65. The number of anilines is 1. The second-order valence-corrected chi connectivity index (χ2v) is 6.21. The highest BCUT2D eigenvalue weighted by Crippen LogP contribution is 2.32. The number of rotatable bonds is 6. The van der Waals surface area contributed by atoms with Gasteiger partial charge < -0.3 is 14.6 Å². The first-order chi connectivity index (χ1) is 13.4. The summed E-state index contributed by atoms with van der Waals surface area (Å²) >= 11 is 0. The maximum atomic E-state index is 12.8. The van der Waals surface area contributed by atoms with Crippen LogP contribution in [0.15, 0.2) is 54.3 Å². The van der Waals surface area contributed by atoms with Crippen molar-refractivity contribution < 1.29 is 29.0 Å². The summed E-state index contributed by atoms with van der Waals surface area (Å²) in [7, 11) is 1.50. The smallest absolute Gasteiger partial charge is 0.338 e. The van der Waals surface area contributed by atoms with E-state index in [0.717, 1.165) is 10.5 Å². The topological polar surface area (TPSA) is 93.1 Å². The molecule has 144 valence electrons. The number of ether oxygens (including phenoxy) is 2. The van der Waals surface area contributed by atoms with Crippen LogP contribution in [-0.4, -0.2) is 43.2 Å². The summed E-state index contributed by atoms with van der Waals surface area (Å²) in [6.45, 7) is 2.30. The lowest BCUT2D eigenvalue weighted by atomic mass is 10.0. The van der Waals surface area contributed by atoms with Crippen molar-refractivity contribution in [2.24, 2.45) is 0 Å². The second-order valence-electron chi connectivity index (χ2n) is 6.21. The Hall–Kier alpha value is -3.45. The number of imide groups is 1. The van der Waals surface area contributed by atoms with Gasteiger partial charge in [-0.3, -0.25) is 9.59 Å². The molecule has 0 unspecified atom stereocenters. The zero-order valence-electron chi connectivity index (χ0n) is 15.5. The lowest BCUT2D eigenvalue weighted by Gasteiger charge is -2.15. The summed E-state index contributed by atoms with van der Waals surface area (Å²) in [5.74, 6) is -2.57. The van der Waals surface area contributed by atoms with E-state index in [0.29, 0.717) is 5.56 Å². The molecule has 7 heteroatoms. The van der Waals surface area contributed by atoms with Crippen LogP contribution in [0.25, 0.3) is 5.57 Å². The van der Waals surface area contributed by atoms with Crippen LogP contribution in [0.5, 0.6) is 0 Å². The van der Waals surface area contributed by atoms with Gasteiger partial charge in [-0.1, -0.05) is 29.8 Å². The van der Waals surface area contributed by atoms with Gasteiger partial charge in [-0.25, -0.2) is 9.69 Å². The van der Waals surface area contributed by atoms with Gasteiger partial charge in [0.2, 0.25) is 0 Å². The highest BCUT2D eigenvalue weighted by atomic mass is 16.6. The average Bonchev–Trinajstić information content (AvgIpc) is 2.92. The van der Waals surface area contributed by atoms with Crippen molar-refractivity contribution in [2.45, 2.75) is 6.92 Å². The molecule has 3 rings (SSSR count). The van der Waals surface area contributed by atoms with Gasteiger partial charge in [0.1, 0.15) is 6.61 Å². The predicted octanol–water partition coefficient (Wildman–Crippen LogP) is 2.64. The van der Waals surface area contributed by atoms with Crippen molar-refractivity contribution in [3.05, 3.63) is 71.0 Å². The second kappa shape index (κ2) is 8.06. The molecular formula is C21H19NO6. The van der Waals surface area contributed by atoms with Crippen LogP contribution < -0.4 is 4.90 Å². The van der Waals surface area contributed by atoms with E-state index in [1.54, 1.807) is 24.3 Å². The molecule has 0 aliphatic carbocycles. The first-order valence-corrected chi connectivity index (χ1v) is 8.59. The largest absolute Gasteiger partial charge is 0.502 e. The molecule has 2 amide bonds. The lowest BCUT2D eigenvalue weighted by molar-refractivity contribution is -0.121. The van der Waals surface area contributed by atoms with Crippen LogP contribution in [0.2, 0.25) is 0 Å². The fraction of sp³-hybridized carbons (Fsp3) is 0.190. The number of amides is 2.